The number of hydroxylamine groups is 2. The van der Waals surface area contributed by atoms with Gasteiger partial charge < -0.3 is 19.8 Å². The van der Waals surface area contributed by atoms with Crippen LogP contribution in [0.3, 0.4) is 0 Å². The Hall–Kier alpha value is -1.47. The molecular weight excluding hydrogens is 334 g/mol. The average molecular weight is 365 g/mol. The van der Waals surface area contributed by atoms with Gasteiger partial charge in [0.1, 0.15) is 0 Å². The molecule has 146 valence electrons. The molecule has 1 unspecified atom stereocenters. The topological polar surface area (TPSA) is 79.2 Å². The molecule has 26 heavy (non-hydrogen) atoms. The summed E-state index contributed by atoms with van der Waals surface area (Å²) in [6.07, 6.45) is 0.310. The molecule has 1 saturated heterocycles. The molecule has 1 aliphatic heterocycles. The Morgan fingerprint density at radius 1 is 1.23 bits per heavy atom. The number of ether oxygens (including phenoxy) is 1. The number of carbonyl (C=O) groups excluding carboxylic acids is 1. The Morgan fingerprint density at radius 3 is 2.38 bits per heavy atom. The summed E-state index contributed by atoms with van der Waals surface area (Å²) in [7, 11) is 0. The van der Waals surface area contributed by atoms with Crippen LogP contribution in [-0.2, 0) is 21.0 Å². The van der Waals surface area contributed by atoms with Crippen molar-refractivity contribution in [2.24, 2.45) is 10.8 Å². The number of carbonyl (C=O) groups is 1. The van der Waals surface area contributed by atoms with Gasteiger partial charge in [0.15, 0.2) is 0 Å². The van der Waals surface area contributed by atoms with Gasteiger partial charge in [-0.3, -0.25) is 0 Å². The molecule has 1 fully saturated rings. The summed E-state index contributed by atoms with van der Waals surface area (Å²) >= 11 is 0. The number of hydrogen-bond donors (Lipinski definition) is 2. The Labute approximate surface area is 155 Å². The highest BCUT2D eigenvalue weighted by molar-refractivity contribution is 5.75. The monoisotopic (exact) mass is 365 g/mol. The van der Waals surface area contributed by atoms with E-state index in [1.54, 1.807) is 5.06 Å². The molecule has 6 nitrogen and oxygen atoms in total. The van der Waals surface area contributed by atoms with Gasteiger partial charge >= 0.3 is 5.97 Å². The molecule has 2 N–H and O–H groups in total. The summed E-state index contributed by atoms with van der Waals surface area (Å²) < 4.78 is 5.64. The number of hydrogen-bond acceptors (Lipinski definition) is 6. The molecule has 0 aromatic heterocycles. The first-order chi connectivity index (χ1) is 12.3. The Bertz CT molecular complexity index is 561. The number of rotatable bonds is 7. The predicted octanol–water partition coefficient (Wildman–Crippen LogP) is 2.14. The van der Waals surface area contributed by atoms with Gasteiger partial charge in [-0.1, -0.05) is 30.3 Å². The minimum atomic E-state index is -0.767. The maximum Gasteiger partial charge on any atom is 0.330 e. The fourth-order valence-corrected chi connectivity index (χ4v) is 2.91. The van der Waals surface area contributed by atoms with Crippen molar-refractivity contribution in [1.82, 2.24) is 5.06 Å². The third kappa shape index (κ3) is 5.51. The highest BCUT2D eigenvalue weighted by atomic mass is 16.7. The number of nitrogens with zero attached hydrogens (tertiary/aromatic N) is 1. The maximum atomic E-state index is 12.0. The van der Waals surface area contributed by atoms with E-state index in [1.165, 1.54) is 0 Å². The van der Waals surface area contributed by atoms with Gasteiger partial charge in [-0.2, -0.15) is 0 Å². The van der Waals surface area contributed by atoms with Crippen molar-refractivity contribution in [2.45, 2.75) is 46.3 Å². The molecule has 1 heterocycles. The van der Waals surface area contributed by atoms with Gasteiger partial charge in [0.25, 0.3) is 0 Å². The second-order valence-corrected chi connectivity index (χ2v) is 8.09. The van der Waals surface area contributed by atoms with Crippen LogP contribution in [0.4, 0.5) is 0 Å². The van der Waals surface area contributed by atoms with E-state index in [0.717, 1.165) is 5.56 Å². The van der Waals surface area contributed by atoms with E-state index in [4.69, 9.17) is 9.57 Å². The molecule has 0 aliphatic carbocycles. The minimum absolute atomic E-state index is 0.121. The third-order valence-corrected chi connectivity index (χ3v) is 4.95. The zero-order valence-corrected chi connectivity index (χ0v) is 16.0. The number of benzene rings is 1. The normalized spacial score (nSPS) is 19.1. The van der Waals surface area contributed by atoms with Gasteiger partial charge in [-0.15, -0.1) is 5.06 Å². The SMILES string of the molecule is CC(C)(C)C(=O)ON1CCC(CO)(C(O)COCc2ccccc2)CC1. The van der Waals surface area contributed by atoms with E-state index in [9.17, 15) is 15.0 Å². The van der Waals surface area contributed by atoms with Crippen molar-refractivity contribution < 1.29 is 24.6 Å². The van der Waals surface area contributed by atoms with E-state index < -0.39 is 16.9 Å². The Kier molecular flexibility index (Phi) is 7.17. The van der Waals surface area contributed by atoms with Crippen molar-refractivity contribution in [1.29, 1.82) is 0 Å². The van der Waals surface area contributed by atoms with Crippen LogP contribution in [0.1, 0.15) is 39.2 Å². The van der Waals surface area contributed by atoms with Gasteiger partial charge in [-0.05, 0) is 39.2 Å². The molecule has 2 rings (SSSR count). The molecule has 0 amide bonds. The Morgan fingerprint density at radius 2 is 1.85 bits per heavy atom. The quantitative estimate of drug-likeness (QED) is 0.771. The fraction of sp³-hybridized carbons (Fsp3) is 0.650. The highest BCUT2D eigenvalue weighted by Crippen LogP contribution is 2.35. The van der Waals surface area contributed by atoms with E-state index in [1.807, 2.05) is 51.1 Å². The molecule has 1 atom stereocenters. The highest BCUT2D eigenvalue weighted by Gasteiger charge is 2.42. The maximum absolute atomic E-state index is 12.0. The summed E-state index contributed by atoms with van der Waals surface area (Å²) in [6.45, 7) is 6.87. The molecule has 1 aromatic rings. The van der Waals surface area contributed by atoms with E-state index in [-0.39, 0.29) is 19.2 Å². The van der Waals surface area contributed by atoms with E-state index in [2.05, 4.69) is 0 Å². The van der Waals surface area contributed by atoms with Crippen LogP contribution in [0, 0.1) is 10.8 Å². The zero-order valence-electron chi connectivity index (χ0n) is 16.0. The molecule has 0 radical (unpaired) electrons. The third-order valence-electron chi connectivity index (χ3n) is 4.95. The van der Waals surface area contributed by atoms with Gasteiger partial charge in [-0.25, -0.2) is 4.79 Å². The molecule has 0 bridgehead atoms. The summed E-state index contributed by atoms with van der Waals surface area (Å²) in [5.41, 5.74) is -0.140. The van der Waals surface area contributed by atoms with Crippen LogP contribution in [0.2, 0.25) is 0 Å². The first-order valence-corrected chi connectivity index (χ1v) is 9.15. The fourth-order valence-electron chi connectivity index (χ4n) is 2.91. The van der Waals surface area contributed by atoms with E-state index >= 15 is 0 Å². The lowest BCUT2D eigenvalue weighted by Gasteiger charge is -2.42. The van der Waals surface area contributed by atoms with Gasteiger partial charge in [0.05, 0.1) is 31.3 Å². The lowest BCUT2D eigenvalue weighted by Crippen LogP contribution is -2.50. The Balaban J connectivity index is 1.82. The second-order valence-electron chi connectivity index (χ2n) is 8.09. The van der Waals surface area contributed by atoms with Crippen LogP contribution in [0.25, 0.3) is 0 Å². The predicted molar refractivity (Wildman–Crippen MR) is 98.0 cm³/mol. The van der Waals surface area contributed by atoms with Gasteiger partial charge in [0.2, 0.25) is 0 Å². The van der Waals surface area contributed by atoms with Crippen LogP contribution in [0.5, 0.6) is 0 Å². The van der Waals surface area contributed by atoms with Gasteiger partial charge in [0, 0.05) is 18.5 Å². The molecule has 0 saturated carbocycles. The average Bonchev–Trinajstić information content (AvgIpc) is 2.62. The molecule has 1 aromatic carbocycles. The number of aliphatic hydroxyl groups excluding tert-OH is 2. The lowest BCUT2D eigenvalue weighted by molar-refractivity contribution is -0.216. The van der Waals surface area contributed by atoms with Crippen molar-refractivity contribution in [3.63, 3.8) is 0 Å². The molecule has 0 spiro atoms. The smallest absolute Gasteiger partial charge is 0.330 e. The molecule has 1 aliphatic rings. The second kappa shape index (κ2) is 8.95. The molecular formula is C20H31NO5. The summed E-state index contributed by atoms with van der Waals surface area (Å²) in [6, 6.07) is 9.77. The zero-order chi connectivity index (χ0) is 19.2. The van der Waals surface area contributed by atoms with Crippen molar-refractivity contribution >= 4 is 5.97 Å². The number of aliphatic hydroxyl groups is 2. The summed E-state index contributed by atoms with van der Waals surface area (Å²) in [5.74, 6) is -0.277. The largest absolute Gasteiger partial charge is 0.396 e. The summed E-state index contributed by atoms with van der Waals surface area (Å²) in [5, 5.41) is 22.1. The van der Waals surface area contributed by atoms with E-state index in [0.29, 0.717) is 32.5 Å². The lowest BCUT2D eigenvalue weighted by atomic mass is 9.75. The van der Waals surface area contributed by atoms with Crippen LogP contribution < -0.4 is 0 Å². The summed E-state index contributed by atoms with van der Waals surface area (Å²) in [4.78, 5) is 17.4. The molecule has 6 heteroatoms. The standard InChI is InChI=1S/C20H31NO5/c1-19(2,3)18(24)26-21-11-9-20(15-22,10-12-21)17(23)14-25-13-16-7-5-4-6-8-16/h4-8,17,22-23H,9-15H2,1-3H3. The van der Waals surface area contributed by atoms with Crippen LogP contribution >= 0.6 is 0 Å². The first-order valence-electron chi connectivity index (χ1n) is 9.15. The van der Waals surface area contributed by atoms with Crippen LogP contribution in [-0.4, -0.2) is 53.7 Å². The van der Waals surface area contributed by atoms with Crippen LogP contribution in [0.15, 0.2) is 30.3 Å². The van der Waals surface area contributed by atoms with Crippen molar-refractivity contribution in [2.75, 3.05) is 26.3 Å². The van der Waals surface area contributed by atoms with Crippen molar-refractivity contribution in [3.8, 4) is 0 Å². The first kappa shape index (κ1) is 20.8. The minimum Gasteiger partial charge on any atom is -0.396 e. The number of piperidine rings is 1. The van der Waals surface area contributed by atoms with Crippen molar-refractivity contribution in [3.05, 3.63) is 35.9 Å².